The number of aryl methyl sites for hydroxylation is 2. The van der Waals surface area contributed by atoms with Gasteiger partial charge in [0.05, 0.1) is 12.2 Å². The molecule has 0 unspecified atom stereocenters. The summed E-state index contributed by atoms with van der Waals surface area (Å²) in [6.45, 7) is 13.9. The van der Waals surface area contributed by atoms with Crippen molar-refractivity contribution in [3.63, 3.8) is 0 Å². The quantitative estimate of drug-likeness (QED) is 0.414. The standard InChI is InChI=1S/C16H29N5O2S/c1-7-17-14(20-10-13-21-11(2)12(3)24-13)18-8-9-19-15(22)23-16(4,5)6/h7-10H2,1-6H3,(H,19,22)(H2,17,18,20). The normalized spacial score (nSPS) is 12.0. The van der Waals surface area contributed by atoms with E-state index in [0.717, 1.165) is 17.2 Å². The van der Waals surface area contributed by atoms with Gasteiger partial charge in [0.2, 0.25) is 0 Å². The highest BCUT2D eigenvalue weighted by atomic mass is 32.1. The highest BCUT2D eigenvalue weighted by molar-refractivity contribution is 7.11. The van der Waals surface area contributed by atoms with Crippen LogP contribution in [0.5, 0.6) is 0 Å². The molecule has 3 N–H and O–H groups in total. The first-order chi connectivity index (χ1) is 11.2. The Bertz CT molecular complexity index is 544. The second-order valence-corrected chi connectivity index (χ2v) is 7.59. The summed E-state index contributed by atoms with van der Waals surface area (Å²) in [4.78, 5) is 21.8. The summed E-state index contributed by atoms with van der Waals surface area (Å²) in [6.07, 6.45) is -0.417. The molecule has 24 heavy (non-hydrogen) atoms. The lowest BCUT2D eigenvalue weighted by molar-refractivity contribution is 0.0529. The summed E-state index contributed by atoms with van der Waals surface area (Å²) >= 11 is 1.66. The predicted octanol–water partition coefficient (Wildman–Crippen LogP) is 2.34. The van der Waals surface area contributed by atoms with Crippen molar-refractivity contribution in [3.8, 4) is 0 Å². The van der Waals surface area contributed by atoms with Crippen LogP contribution in [0.25, 0.3) is 0 Å². The third-order valence-corrected chi connectivity index (χ3v) is 3.93. The molecule has 7 nitrogen and oxygen atoms in total. The van der Waals surface area contributed by atoms with Gasteiger partial charge in [0.15, 0.2) is 5.96 Å². The van der Waals surface area contributed by atoms with Gasteiger partial charge in [-0.15, -0.1) is 11.3 Å². The van der Waals surface area contributed by atoms with Gasteiger partial charge in [-0.05, 0) is 41.5 Å². The number of hydrogen-bond donors (Lipinski definition) is 3. The average Bonchev–Trinajstić information content (AvgIpc) is 2.77. The van der Waals surface area contributed by atoms with Crippen LogP contribution in [0.3, 0.4) is 0 Å². The molecule has 0 aliphatic heterocycles. The van der Waals surface area contributed by atoms with Gasteiger partial charge in [-0.2, -0.15) is 0 Å². The van der Waals surface area contributed by atoms with Crippen LogP contribution in [-0.2, 0) is 11.3 Å². The van der Waals surface area contributed by atoms with Crippen LogP contribution >= 0.6 is 11.3 Å². The van der Waals surface area contributed by atoms with Crippen LogP contribution in [0, 0.1) is 13.8 Å². The van der Waals surface area contributed by atoms with Crippen molar-refractivity contribution in [2.45, 2.75) is 53.7 Å². The lowest BCUT2D eigenvalue weighted by atomic mass is 10.2. The maximum atomic E-state index is 11.6. The van der Waals surface area contributed by atoms with Gasteiger partial charge in [0.25, 0.3) is 0 Å². The molecule has 0 aliphatic rings. The molecule has 136 valence electrons. The second-order valence-electron chi connectivity index (χ2n) is 6.30. The number of hydrogen-bond acceptors (Lipinski definition) is 5. The van der Waals surface area contributed by atoms with Crippen LogP contribution < -0.4 is 16.0 Å². The Hall–Kier alpha value is -1.83. The second kappa shape index (κ2) is 9.46. The molecule has 1 aromatic heterocycles. The molecule has 0 saturated carbocycles. The number of rotatable bonds is 6. The van der Waals surface area contributed by atoms with Crippen LogP contribution in [0.4, 0.5) is 4.79 Å². The van der Waals surface area contributed by atoms with E-state index in [1.54, 1.807) is 11.3 Å². The van der Waals surface area contributed by atoms with E-state index in [4.69, 9.17) is 4.74 Å². The Morgan fingerprint density at radius 2 is 1.88 bits per heavy atom. The molecule has 0 fully saturated rings. The smallest absolute Gasteiger partial charge is 0.407 e. The number of amides is 1. The molecule has 0 atom stereocenters. The average molecular weight is 356 g/mol. The van der Waals surface area contributed by atoms with E-state index in [9.17, 15) is 4.79 Å². The molecule has 0 saturated heterocycles. The highest BCUT2D eigenvalue weighted by Crippen LogP contribution is 2.16. The number of ether oxygens (including phenoxy) is 1. The topological polar surface area (TPSA) is 87.6 Å². The minimum absolute atomic E-state index is 0.417. The zero-order chi connectivity index (χ0) is 18.2. The first-order valence-electron chi connectivity index (χ1n) is 8.13. The van der Waals surface area contributed by atoms with E-state index >= 15 is 0 Å². The number of carbonyl (C=O) groups excluding carboxylic acids is 1. The monoisotopic (exact) mass is 355 g/mol. The van der Waals surface area contributed by atoms with Gasteiger partial charge in [0.1, 0.15) is 10.6 Å². The maximum absolute atomic E-state index is 11.6. The van der Waals surface area contributed by atoms with Crippen molar-refractivity contribution in [3.05, 3.63) is 15.6 Å². The fraction of sp³-hybridized carbons (Fsp3) is 0.688. The molecule has 0 bridgehead atoms. The van der Waals surface area contributed by atoms with Gasteiger partial charge in [-0.1, -0.05) is 0 Å². The first kappa shape index (κ1) is 20.2. The molecule has 1 rings (SSSR count). The molecular weight excluding hydrogens is 326 g/mol. The number of carbonyl (C=O) groups is 1. The van der Waals surface area contributed by atoms with E-state index in [-0.39, 0.29) is 0 Å². The minimum atomic E-state index is -0.488. The number of thiazole rings is 1. The summed E-state index contributed by atoms with van der Waals surface area (Å²) < 4.78 is 5.18. The van der Waals surface area contributed by atoms with Gasteiger partial charge >= 0.3 is 6.09 Å². The van der Waals surface area contributed by atoms with E-state index in [1.165, 1.54) is 4.88 Å². The van der Waals surface area contributed by atoms with Crippen molar-refractivity contribution in [1.29, 1.82) is 0 Å². The Balaban J connectivity index is 2.40. The number of alkyl carbamates (subject to hydrolysis) is 1. The van der Waals surface area contributed by atoms with E-state index in [1.807, 2.05) is 34.6 Å². The molecule has 0 spiro atoms. The van der Waals surface area contributed by atoms with Gasteiger partial charge < -0.3 is 20.7 Å². The summed E-state index contributed by atoms with van der Waals surface area (Å²) in [5.41, 5.74) is 0.572. The van der Waals surface area contributed by atoms with Gasteiger partial charge in [0, 0.05) is 24.5 Å². The summed E-state index contributed by atoms with van der Waals surface area (Å²) in [5, 5.41) is 10.0. The third kappa shape index (κ3) is 8.14. The lowest BCUT2D eigenvalue weighted by Crippen LogP contribution is -2.42. The number of nitrogens with one attached hydrogen (secondary N) is 3. The van der Waals surface area contributed by atoms with Gasteiger partial charge in [-0.3, -0.25) is 0 Å². The van der Waals surface area contributed by atoms with E-state index < -0.39 is 11.7 Å². The maximum Gasteiger partial charge on any atom is 0.407 e. The zero-order valence-corrected chi connectivity index (χ0v) is 16.3. The molecule has 8 heteroatoms. The van der Waals surface area contributed by atoms with Crippen LogP contribution in [0.2, 0.25) is 0 Å². The predicted molar refractivity (Wildman–Crippen MR) is 98.6 cm³/mol. The molecule has 1 aromatic rings. The summed E-state index contributed by atoms with van der Waals surface area (Å²) in [5.74, 6) is 0.703. The SMILES string of the molecule is CCNC(=NCc1nc(C)c(C)s1)NCCNC(=O)OC(C)(C)C. The fourth-order valence-corrected chi connectivity index (χ4v) is 2.61. The zero-order valence-electron chi connectivity index (χ0n) is 15.4. The molecule has 1 heterocycles. The van der Waals surface area contributed by atoms with E-state index in [2.05, 4.69) is 32.9 Å². The van der Waals surface area contributed by atoms with Crippen LogP contribution in [0.15, 0.2) is 4.99 Å². The number of nitrogens with zero attached hydrogens (tertiary/aromatic N) is 2. The Labute approximate surface area is 148 Å². The van der Waals surface area contributed by atoms with Crippen molar-refractivity contribution >= 4 is 23.4 Å². The summed E-state index contributed by atoms with van der Waals surface area (Å²) in [6, 6.07) is 0. The number of guanidine groups is 1. The summed E-state index contributed by atoms with van der Waals surface area (Å²) in [7, 11) is 0. The third-order valence-electron chi connectivity index (χ3n) is 2.88. The van der Waals surface area contributed by atoms with E-state index in [0.29, 0.717) is 25.6 Å². The van der Waals surface area contributed by atoms with Gasteiger partial charge in [-0.25, -0.2) is 14.8 Å². The minimum Gasteiger partial charge on any atom is -0.444 e. The molecule has 1 amide bonds. The molecule has 0 aromatic carbocycles. The first-order valence-corrected chi connectivity index (χ1v) is 8.95. The largest absolute Gasteiger partial charge is 0.444 e. The Kier molecular flexibility index (Phi) is 7.97. The molecule has 0 radical (unpaired) electrons. The van der Waals surface area contributed by atoms with Crippen LogP contribution in [-0.4, -0.2) is 42.3 Å². The highest BCUT2D eigenvalue weighted by Gasteiger charge is 2.15. The Morgan fingerprint density at radius 3 is 2.42 bits per heavy atom. The lowest BCUT2D eigenvalue weighted by Gasteiger charge is -2.19. The van der Waals surface area contributed by atoms with Crippen LogP contribution in [0.1, 0.15) is 43.3 Å². The van der Waals surface area contributed by atoms with Crippen molar-refractivity contribution in [2.75, 3.05) is 19.6 Å². The van der Waals surface area contributed by atoms with Crippen molar-refractivity contribution in [1.82, 2.24) is 20.9 Å². The van der Waals surface area contributed by atoms with Crippen molar-refractivity contribution in [2.24, 2.45) is 4.99 Å². The van der Waals surface area contributed by atoms with Crippen molar-refractivity contribution < 1.29 is 9.53 Å². The number of aromatic nitrogens is 1. The Morgan fingerprint density at radius 1 is 1.21 bits per heavy atom. The molecule has 0 aliphatic carbocycles. The number of aliphatic imine (C=N–C) groups is 1. The fourth-order valence-electron chi connectivity index (χ4n) is 1.75. The molecular formula is C16H29N5O2S.